The summed E-state index contributed by atoms with van der Waals surface area (Å²) in [6.07, 6.45) is 0. The first-order valence-corrected chi connectivity index (χ1v) is 5.59. The smallest absolute Gasteiger partial charge is 0.258 e. The van der Waals surface area contributed by atoms with Crippen LogP contribution in [0.25, 0.3) is 0 Å². The number of hydrogen-bond acceptors (Lipinski definition) is 3. The van der Waals surface area contributed by atoms with Crippen molar-refractivity contribution in [2.45, 2.75) is 26.4 Å². The number of rotatable bonds is 4. The quantitative estimate of drug-likeness (QED) is 0.869. The third-order valence-corrected chi connectivity index (χ3v) is 2.36. The summed E-state index contributed by atoms with van der Waals surface area (Å²) in [6, 6.07) is 7.17. The predicted molar refractivity (Wildman–Crippen MR) is 67.3 cm³/mol. The molecular weight excluding hydrogens is 218 g/mol. The molecule has 0 aromatic heterocycles. The largest absolute Gasteiger partial charge is 0.494 e. The van der Waals surface area contributed by atoms with Crippen LogP contribution in [0.4, 0.5) is 5.69 Å². The van der Waals surface area contributed by atoms with Gasteiger partial charge in [-0.05, 0) is 45.0 Å². The summed E-state index contributed by atoms with van der Waals surface area (Å²) >= 11 is 0. The number of benzene rings is 1. The summed E-state index contributed by atoms with van der Waals surface area (Å²) in [6.45, 7) is 5.47. The van der Waals surface area contributed by atoms with Crippen LogP contribution < -0.4 is 9.64 Å². The molecule has 0 unspecified atom stereocenters. The summed E-state index contributed by atoms with van der Waals surface area (Å²) in [5.41, 5.74) is -0.645. The lowest BCUT2D eigenvalue weighted by Crippen LogP contribution is -2.43. The van der Waals surface area contributed by atoms with Crippen molar-refractivity contribution in [3.05, 3.63) is 24.3 Å². The van der Waals surface area contributed by atoms with Crippen LogP contribution in [0.1, 0.15) is 20.8 Å². The first-order valence-electron chi connectivity index (χ1n) is 5.59. The Morgan fingerprint density at radius 2 is 1.88 bits per heavy atom. The minimum Gasteiger partial charge on any atom is -0.494 e. The fraction of sp³-hybridized carbons (Fsp3) is 0.462. The molecule has 0 aliphatic rings. The van der Waals surface area contributed by atoms with Crippen LogP contribution in [0, 0.1) is 0 Å². The number of anilines is 1. The van der Waals surface area contributed by atoms with Gasteiger partial charge in [-0.1, -0.05) is 0 Å². The second-order valence-electron chi connectivity index (χ2n) is 4.35. The first-order chi connectivity index (χ1) is 7.86. The highest BCUT2D eigenvalue weighted by molar-refractivity contribution is 5.98. The van der Waals surface area contributed by atoms with E-state index in [4.69, 9.17) is 4.74 Å². The van der Waals surface area contributed by atoms with Crippen LogP contribution in [0.15, 0.2) is 24.3 Å². The van der Waals surface area contributed by atoms with E-state index in [-0.39, 0.29) is 5.91 Å². The standard InChI is InChI=1S/C13H19NO3/c1-5-17-11-8-6-10(7-9-11)14(4)12(15)13(2,3)16/h6-9,16H,5H2,1-4H3. The number of carbonyl (C=O) groups is 1. The molecular formula is C13H19NO3. The van der Waals surface area contributed by atoms with Crippen molar-refractivity contribution in [2.75, 3.05) is 18.6 Å². The second kappa shape index (κ2) is 5.19. The van der Waals surface area contributed by atoms with Crippen LogP contribution in [0.3, 0.4) is 0 Å². The minimum absolute atomic E-state index is 0.346. The molecule has 0 spiro atoms. The van der Waals surface area contributed by atoms with Gasteiger partial charge in [0.15, 0.2) is 0 Å². The molecule has 0 radical (unpaired) electrons. The van der Waals surface area contributed by atoms with E-state index < -0.39 is 5.60 Å². The van der Waals surface area contributed by atoms with Crippen molar-refractivity contribution in [2.24, 2.45) is 0 Å². The molecule has 1 aromatic carbocycles. The third-order valence-electron chi connectivity index (χ3n) is 2.36. The van der Waals surface area contributed by atoms with Crippen LogP contribution in [0.5, 0.6) is 5.75 Å². The van der Waals surface area contributed by atoms with Crippen molar-refractivity contribution in [3.63, 3.8) is 0 Å². The van der Waals surface area contributed by atoms with Gasteiger partial charge in [0.05, 0.1) is 6.61 Å². The molecule has 0 saturated heterocycles. The number of hydrogen-bond donors (Lipinski definition) is 1. The Hall–Kier alpha value is -1.55. The fourth-order valence-electron chi connectivity index (χ4n) is 1.46. The van der Waals surface area contributed by atoms with Gasteiger partial charge in [-0.15, -0.1) is 0 Å². The predicted octanol–water partition coefficient (Wildman–Crippen LogP) is 1.82. The molecule has 0 aliphatic heterocycles. The van der Waals surface area contributed by atoms with E-state index in [1.165, 1.54) is 18.7 Å². The summed E-state index contributed by atoms with van der Waals surface area (Å²) in [7, 11) is 1.63. The number of ether oxygens (including phenoxy) is 1. The molecule has 0 saturated carbocycles. The van der Waals surface area contributed by atoms with Crippen LogP contribution in [-0.4, -0.2) is 30.3 Å². The molecule has 0 bridgehead atoms. The highest BCUT2D eigenvalue weighted by Crippen LogP contribution is 2.20. The van der Waals surface area contributed by atoms with Gasteiger partial charge in [0.1, 0.15) is 11.4 Å². The van der Waals surface area contributed by atoms with E-state index >= 15 is 0 Å². The van der Waals surface area contributed by atoms with E-state index in [1.54, 1.807) is 31.3 Å². The molecule has 4 heteroatoms. The first kappa shape index (κ1) is 13.5. The minimum atomic E-state index is -1.37. The van der Waals surface area contributed by atoms with Gasteiger partial charge < -0.3 is 14.7 Å². The number of aliphatic hydroxyl groups is 1. The third kappa shape index (κ3) is 3.46. The van der Waals surface area contributed by atoms with Crippen molar-refractivity contribution >= 4 is 11.6 Å². The van der Waals surface area contributed by atoms with Gasteiger partial charge in [0.25, 0.3) is 5.91 Å². The SMILES string of the molecule is CCOc1ccc(N(C)C(=O)C(C)(C)O)cc1. The normalized spacial score (nSPS) is 11.1. The molecule has 1 amide bonds. The van der Waals surface area contributed by atoms with E-state index in [1.807, 2.05) is 6.92 Å². The molecule has 0 fully saturated rings. The highest BCUT2D eigenvalue weighted by Gasteiger charge is 2.27. The summed E-state index contributed by atoms with van der Waals surface area (Å²) < 4.78 is 5.32. The van der Waals surface area contributed by atoms with Crippen molar-refractivity contribution in [3.8, 4) is 5.75 Å². The number of carbonyl (C=O) groups excluding carboxylic acids is 1. The van der Waals surface area contributed by atoms with Crippen molar-refractivity contribution < 1.29 is 14.6 Å². The lowest BCUT2D eigenvalue weighted by Gasteiger charge is -2.25. The zero-order valence-corrected chi connectivity index (χ0v) is 10.7. The second-order valence-corrected chi connectivity index (χ2v) is 4.35. The van der Waals surface area contributed by atoms with Gasteiger partial charge in [-0.2, -0.15) is 0 Å². The van der Waals surface area contributed by atoms with Crippen LogP contribution >= 0.6 is 0 Å². The van der Waals surface area contributed by atoms with E-state index in [0.29, 0.717) is 6.61 Å². The lowest BCUT2D eigenvalue weighted by atomic mass is 10.1. The maximum atomic E-state index is 11.8. The van der Waals surface area contributed by atoms with Crippen molar-refractivity contribution in [1.29, 1.82) is 0 Å². The van der Waals surface area contributed by atoms with E-state index in [0.717, 1.165) is 11.4 Å². The Morgan fingerprint density at radius 1 is 1.35 bits per heavy atom. The number of nitrogens with zero attached hydrogens (tertiary/aromatic N) is 1. The molecule has 1 N–H and O–H groups in total. The summed E-state index contributed by atoms with van der Waals surface area (Å²) in [5, 5.41) is 9.64. The average Bonchev–Trinajstić information content (AvgIpc) is 2.27. The summed E-state index contributed by atoms with van der Waals surface area (Å²) in [4.78, 5) is 13.2. The Kier molecular flexibility index (Phi) is 4.12. The Balaban J connectivity index is 2.83. The van der Waals surface area contributed by atoms with E-state index in [2.05, 4.69) is 0 Å². The molecule has 0 heterocycles. The van der Waals surface area contributed by atoms with Gasteiger partial charge in [-0.25, -0.2) is 0 Å². The van der Waals surface area contributed by atoms with E-state index in [9.17, 15) is 9.90 Å². The monoisotopic (exact) mass is 237 g/mol. The van der Waals surface area contributed by atoms with Gasteiger partial charge in [0.2, 0.25) is 0 Å². The molecule has 1 aromatic rings. The van der Waals surface area contributed by atoms with Gasteiger partial charge in [0, 0.05) is 12.7 Å². The molecule has 17 heavy (non-hydrogen) atoms. The maximum absolute atomic E-state index is 11.8. The topological polar surface area (TPSA) is 49.8 Å². The zero-order valence-electron chi connectivity index (χ0n) is 10.7. The van der Waals surface area contributed by atoms with Gasteiger partial charge in [-0.3, -0.25) is 4.79 Å². The van der Waals surface area contributed by atoms with Crippen LogP contribution in [-0.2, 0) is 4.79 Å². The van der Waals surface area contributed by atoms with Crippen molar-refractivity contribution in [1.82, 2.24) is 0 Å². The Labute approximate surface area is 102 Å². The molecule has 0 aliphatic carbocycles. The Bertz CT molecular complexity index is 379. The van der Waals surface area contributed by atoms with Gasteiger partial charge >= 0.3 is 0 Å². The lowest BCUT2D eigenvalue weighted by molar-refractivity contribution is -0.133. The average molecular weight is 237 g/mol. The van der Waals surface area contributed by atoms with Crippen LogP contribution in [0.2, 0.25) is 0 Å². The highest BCUT2D eigenvalue weighted by atomic mass is 16.5. The Morgan fingerprint density at radius 3 is 2.29 bits per heavy atom. The molecule has 1 rings (SSSR count). The number of likely N-dealkylation sites (N-methyl/N-ethyl adjacent to an activating group) is 1. The maximum Gasteiger partial charge on any atom is 0.258 e. The fourth-order valence-corrected chi connectivity index (χ4v) is 1.46. The zero-order chi connectivity index (χ0) is 13.1. The molecule has 4 nitrogen and oxygen atoms in total. The molecule has 94 valence electrons. The number of amides is 1. The summed E-state index contributed by atoms with van der Waals surface area (Å²) in [5.74, 6) is 0.419. The molecule has 0 atom stereocenters.